The van der Waals surface area contributed by atoms with Gasteiger partial charge in [0.05, 0.1) is 37.6 Å². The van der Waals surface area contributed by atoms with Crippen LogP contribution in [0.4, 0.5) is 0 Å². The minimum atomic E-state index is -1.75. The number of aliphatic hydroxyl groups excluding tert-OH is 1. The average Bonchev–Trinajstić information content (AvgIpc) is 3.74. The maximum atomic E-state index is 14.0. The van der Waals surface area contributed by atoms with E-state index in [4.69, 9.17) is 17.2 Å². The van der Waals surface area contributed by atoms with Gasteiger partial charge in [-0.3, -0.25) is 58.1 Å². The number of primary amides is 1. The molecule has 17 N–H and O–H groups in total. The highest BCUT2D eigenvalue weighted by molar-refractivity contribution is 5.97. The highest BCUT2D eigenvalue weighted by atomic mass is 16.4. The zero-order chi connectivity index (χ0) is 51.1. The number of unbranched alkanes of at least 4 members (excludes halogenated alkanes) is 1. The second kappa shape index (κ2) is 29.6. The molecule has 0 aromatic carbocycles. The first-order valence-corrected chi connectivity index (χ1v) is 22.3. The Hall–Kier alpha value is -5.99. The Kier molecular flexibility index (Phi) is 26.1. The van der Waals surface area contributed by atoms with Gasteiger partial charge in [-0.2, -0.15) is 0 Å². The van der Waals surface area contributed by atoms with Gasteiger partial charge in [0, 0.05) is 13.0 Å². The first-order chi connectivity index (χ1) is 31.3. The normalized spacial score (nSPS) is 17.1. The molecule has 1 saturated heterocycles. The average molecular weight is 957 g/mol. The summed E-state index contributed by atoms with van der Waals surface area (Å²) in [4.78, 5) is 141. The van der Waals surface area contributed by atoms with E-state index in [1.165, 1.54) is 18.7 Å². The van der Waals surface area contributed by atoms with Gasteiger partial charge >= 0.3 is 11.9 Å². The molecule has 26 nitrogen and oxygen atoms in total. The summed E-state index contributed by atoms with van der Waals surface area (Å²) in [7, 11) is 0. The number of aliphatic hydroxyl groups is 1. The van der Waals surface area contributed by atoms with E-state index in [0.717, 1.165) is 0 Å². The second-order valence-corrected chi connectivity index (χ2v) is 17.2. The predicted molar refractivity (Wildman–Crippen MR) is 238 cm³/mol. The van der Waals surface area contributed by atoms with Gasteiger partial charge in [0.15, 0.2) is 0 Å². The highest BCUT2D eigenvalue weighted by Gasteiger charge is 2.40. The standard InChI is InChI=1S/C41H72N12O14/c1-20(2)16-26(39(65)51-27(17-32(58)59)38(64)47-23(6)36(62)46-19-30(55)52-33(21(3)4)34(44)60)50-37(63)24(10-7-8-14-42)49-40(66)28-11-9-15-53(28)41(67)25(12-13-31(56)57)48-29(54)18-45-35(61)22(5)43/h20-28,33,40,49,66H,7-19,42-43H2,1-6H3,(H2,44,60)(H,45,61)(H,46,62)(H,47,64)(H,48,54)(H,50,63)(H,51,65)(H,52,55)(H,56,57)(H,58,59)/t22-,23-,24-,25-,26-,27-,28-,33-,40-/m0/s1. The number of nitrogens with one attached hydrogen (secondary N) is 8. The van der Waals surface area contributed by atoms with E-state index in [-0.39, 0.29) is 50.6 Å². The van der Waals surface area contributed by atoms with Gasteiger partial charge in [0.2, 0.25) is 53.2 Å². The zero-order valence-corrected chi connectivity index (χ0v) is 39.1. The first kappa shape index (κ1) is 59.0. The maximum absolute atomic E-state index is 14.0. The summed E-state index contributed by atoms with van der Waals surface area (Å²) in [6.45, 7) is 8.64. The van der Waals surface area contributed by atoms with E-state index in [1.807, 2.05) is 0 Å². The van der Waals surface area contributed by atoms with E-state index in [2.05, 4.69) is 42.5 Å². The molecular formula is C41H72N12O14. The van der Waals surface area contributed by atoms with Crippen molar-refractivity contribution in [1.29, 1.82) is 0 Å². The van der Waals surface area contributed by atoms with E-state index >= 15 is 0 Å². The lowest BCUT2D eigenvalue weighted by Gasteiger charge is -2.34. The highest BCUT2D eigenvalue weighted by Crippen LogP contribution is 2.22. The lowest BCUT2D eigenvalue weighted by molar-refractivity contribution is -0.142. The minimum Gasteiger partial charge on any atom is -0.481 e. The van der Waals surface area contributed by atoms with Crippen LogP contribution in [-0.4, -0.2) is 166 Å². The molecule has 0 aromatic rings. The van der Waals surface area contributed by atoms with Gasteiger partial charge in [0.25, 0.3) is 0 Å². The van der Waals surface area contributed by atoms with Crippen LogP contribution in [0.25, 0.3) is 0 Å². The number of carbonyl (C=O) groups is 11. The number of likely N-dealkylation sites (tertiary alicyclic amines) is 1. The van der Waals surface area contributed by atoms with Crippen molar-refractivity contribution in [2.45, 2.75) is 154 Å². The molecule has 0 aromatic heterocycles. The van der Waals surface area contributed by atoms with Gasteiger partial charge in [-0.1, -0.05) is 34.1 Å². The number of rotatable bonds is 31. The predicted octanol–water partition coefficient (Wildman–Crippen LogP) is -5.07. The van der Waals surface area contributed by atoms with Crippen LogP contribution in [0.2, 0.25) is 0 Å². The summed E-state index contributed by atoms with van der Waals surface area (Å²) < 4.78 is 0. The fraction of sp³-hybridized carbons (Fsp3) is 0.732. The van der Waals surface area contributed by atoms with Crippen LogP contribution in [0, 0.1) is 11.8 Å². The van der Waals surface area contributed by atoms with Crippen LogP contribution in [0.1, 0.15) is 99.3 Å². The number of hydrogen-bond acceptors (Lipinski definition) is 15. The topological polar surface area (TPSA) is 426 Å². The number of nitrogens with two attached hydrogens (primary N) is 3. The summed E-state index contributed by atoms with van der Waals surface area (Å²) in [5.41, 5.74) is 16.5. The number of amides is 9. The number of carbonyl (C=O) groups excluding carboxylic acids is 9. The molecular weight excluding hydrogens is 885 g/mol. The Labute approximate surface area is 389 Å². The molecule has 0 unspecified atom stereocenters. The Bertz CT molecular complexity index is 1750. The van der Waals surface area contributed by atoms with E-state index in [0.29, 0.717) is 19.3 Å². The van der Waals surface area contributed by atoms with Gasteiger partial charge in [0.1, 0.15) is 36.4 Å². The van der Waals surface area contributed by atoms with Crippen molar-refractivity contribution in [3.05, 3.63) is 0 Å². The number of hydrogen-bond donors (Lipinski definition) is 14. The van der Waals surface area contributed by atoms with Crippen LogP contribution in [0.5, 0.6) is 0 Å². The van der Waals surface area contributed by atoms with Crippen molar-refractivity contribution in [2.24, 2.45) is 29.0 Å². The first-order valence-electron chi connectivity index (χ1n) is 22.3. The van der Waals surface area contributed by atoms with Crippen LogP contribution >= 0.6 is 0 Å². The molecule has 1 rings (SSSR count). The Morgan fingerprint density at radius 2 is 1.24 bits per heavy atom. The minimum absolute atomic E-state index is 0.00532. The molecule has 380 valence electrons. The van der Waals surface area contributed by atoms with Gasteiger partial charge in [-0.05, 0) is 70.8 Å². The molecule has 0 spiro atoms. The molecule has 1 heterocycles. The van der Waals surface area contributed by atoms with Crippen molar-refractivity contribution in [3.63, 3.8) is 0 Å². The summed E-state index contributed by atoms with van der Waals surface area (Å²) in [6, 6.07) is -9.91. The van der Waals surface area contributed by atoms with Crippen molar-refractivity contribution in [2.75, 3.05) is 26.2 Å². The molecule has 0 saturated carbocycles. The van der Waals surface area contributed by atoms with Crippen molar-refractivity contribution < 1.29 is 68.1 Å². The molecule has 1 aliphatic heterocycles. The molecule has 1 fully saturated rings. The maximum Gasteiger partial charge on any atom is 0.305 e. The lowest BCUT2D eigenvalue weighted by Crippen LogP contribution is -2.60. The lowest BCUT2D eigenvalue weighted by atomic mass is 10.0. The number of nitrogens with zero attached hydrogens (tertiary/aromatic N) is 1. The van der Waals surface area contributed by atoms with E-state index < -0.39 is 146 Å². The monoisotopic (exact) mass is 957 g/mol. The molecule has 9 amide bonds. The van der Waals surface area contributed by atoms with Gasteiger partial charge in [-0.15, -0.1) is 0 Å². The van der Waals surface area contributed by atoms with Crippen LogP contribution in [0.15, 0.2) is 0 Å². The molecule has 26 heteroatoms. The molecule has 0 aliphatic carbocycles. The summed E-state index contributed by atoms with van der Waals surface area (Å²) in [5.74, 6) is -10.7. The summed E-state index contributed by atoms with van der Waals surface area (Å²) in [5, 5.41) is 50.0. The number of carboxylic acid groups (broad SMARTS) is 2. The van der Waals surface area contributed by atoms with Crippen LogP contribution < -0.4 is 59.7 Å². The van der Waals surface area contributed by atoms with E-state index in [1.54, 1.807) is 27.7 Å². The Balaban J connectivity index is 3.22. The third kappa shape index (κ3) is 21.9. The Morgan fingerprint density at radius 3 is 1.78 bits per heavy atom. The largest absolute Gasteiger partial charge is 0.481 e. The summed E-state index contributed by atoms with van der Waals surface area (Å²) in [6.07, 6.45) is -1.79. The summed E-state index contributed by atoms with van der Waals surface area (Å²) >= 11 is 0. The SMILES string of the molecule is CC(C)C[C@H](NC(=O)[C@H](CCCCN)N[C@@H](O)[C@@H]1CCCN1C(=O)[C@H](CCC(=O)O)NC(=O)CNC(=O)[C@H](C)N)C(=O)N[C@@H](CC(=O)O)C(=O)N[C@@H](C)C(=O)NCC(=O)N[C@H](C(N)=O)C(C)C. The quantitative estimate of drug-likeness (QED) is 0.0228. The Morgan fingerprint density at radius 1 is 0.672 bits per heavy atom. The van der Waals surface area contributed by atoms with Crippen molar-refractivity contribution in [1.82, 2.24) is 47.4 Å². The molecule has 0 bridgehead atoms. The van der Waals surface area contributed by atoms with Gasteiger partial charge < -0.3 is 74.6 Å². The fourth-order valence-corrected chi connectivity index (χ4v) is 6.92. The van der Waals surface area contributed by atoms with Crippen molar-refractivity contribution >= 4 is 65.1 Å². The van der Waals surface area contributed by atoms with E-state index in [9.17, 15) is 68.1 Å². The molecule has 67 heavy (non-hydrogen) atoms. The number of aliphatic carboxylic acids is 2. The smallest absolute Gasteiger partial charge is 0.305 e. The van der Waals surface area contributed by atoms with Crippen LogP contribution in [-0.2, 0) is 52.7 Å². The molecule has 1 aliphatic rings. The molecule has 9 atom stereocenters. The third-order valence-corrected chi connectivity index (χ3v) is 10.5. The fourth-order valence-electron chi connectivity index (χ4n) is 6.92. The van der Waals surface area contributed by atoms with Crippen LogP contribution in [0.3, 0.4) is 0 Å². The van der Waals surface area contributed by atoms with Gasteiger partial charge in [-0.25, -0.2) is 0 Å². The second-order valence-electron chi connectivity index (χ2n) is 17.2. The van der Waals surface area contributed by atoms with Crippen molar-refractivity contribution in [3.8, 4) is 0 Å². The zero-order valence-electron chi connectivity index (χ0n) is 39.1. The molecule has 0 radical (unpaired) electrons. The number of carboxylic acids is 2. The third-order valence-electron chi connectivity index (χ3n) is 10.5.